The number of nitrogens with one attached hydrogen (secondary N) is 2. The van der Waals surface area contributed by atoms with Crippen molar-refractivity contribution in [1.29, 1.82) is 0 Å². The van der Waals surface area contributed by atoms with Crippen LogP contribution in [0.25, 0.3) is 0 Å². The van der Waals surface area contributed by atoms with Crippen LogP contribution in [0.1, 0.15) is 36.8 Å². The molecule has 0 saturated heterocycles. The van der Waals surface area contributed by atoms with Crippen LogP contribution in [0.4, 0.5) is 5.82 Å². The fourth-order valence-electron chi connectivity index (χ4n) is 1.86. The topological polar surface area (TPSA) is 97.1 Å². The molecule has 1 heterocycles. The first-order valence-corrected chi connectivity index (χ1v) is 6.67. The van der Waals surface area contributed by atoms with Crippen LogP contribution in [-0.4, -0.2) is 29.4 Å². The van der Waals surface area contributed by atoms with E-state index in [1.807, 2.05) is 27.7 Å². The number of aryl methyl sites for hydroxylation is 1. The lowest BCUT2D eigenvalue weighted by atomic mass is 10.0. The van der Waals surface area contributed by atoms with Gasteiger partial charge in [-0.2, -0.15) is 0 Å². The van der Waals surface area contributed by atoms with Crippen molar-refractivity contribution in [3.05, 3.63) is 23.4 Å². The van der Waals surface area contributed by atoms with Gasteiger partial charge in [0.15, 0.2) is 0 Å². The minimum absolute atomic E-state index is 0.0624. The van der Waals surface area contributed by atoms with Gasteiger partial charge in [0, 0.05) is 17.8 Å². The van der Waals surface area contributed by atoms with Crippen molar-refractivity contribution in [2.75, 3.05) is 11.9 Å². The summed E-state index contributed by atoms with van der Waals surface area (Å²) in [6.45, 7) is 8.14. The Morgan fingerprint density at radius 3 is 2.50 bits per heavy atom. The molecule has 1 unspecified atom stereocenters. The number of nitrogens with zero attached hydrogens (tertiary/aromatic N) is 1. The number of hydrogen-bond acceptors (Lipinski definition) is 4. The van der Waals surface area contributed by atoms with Gasteiger partial charge in [-0.05, 0) is 31.9 Å². The van der Waals surface area contributed by atoms with Gasteiger partial charge < -0.3 is 16.4 Å². The van der Waals surface area contributed by atoms with E-state index in [9.17, 15) is 9.59 Å². The van der Waals surface area contributed by atoms with E-state index in [0.717, 1.165) is 5.69 Å². The Labute approximate surface area is 119 Å². The summed E-state index contributed by atoms with van der Waals surface area (Å²) in [5, 5.41) is 5.72. The molecule has 4 N–H and O–H groups in total. The number of hydrogen-bond donors (Lipinski definition) is 3. The smallest absolute Gasteiger partial charge is 0.252 e. The summed E-state index contributed by atoms with van der Waals surface area (Å²) in [5.41, 5.74) is 6.48. The zero-order chi connectivity index (χ0) is 15.3. The number of carbonyl (C=O) groups is 2. The fraction of sp³-hybridized carbons (Fsp3) is 0.500. The first-order valence-electron chi connectivity index (χ1n) is 6.67. The van der Waals surface area contributed by atoms with Gasteiger partial charge in [-0.3, -0.25) is 9.59 Å². The molecule has 1 aromatic heterocycles. The second-order valence-electron chi connectivity index (χ2n) is 5.01. The molecule has 0 fully saturated rings. The van der Waals surface area contributed by atoms with E-state index in [2.05, 4.69) is 15.6 Å². The molecule has 0 saturated carbocycles. The zero-order valence-corrected chi connectivity index (χ0v) is 12.4. The Kier molecular flexibility index (Phi) is 5.49. The molecule has 0 aliphatic carbocycles. The molecule has 20 heavy (non-hydrogen) atoms. The molecule has 1 aromatic rings. The van der Waals surface area contributed by atoms with Crippen molar-refractivity contribution in [3.8, 4) is 0 Å². The average molecular weight is 278 g/mol. The molecular formula is C14H22N4O2. The van der Waals surface area contributed by atoms with E-state index in [1.165, 1.54) is 0 Å². The monoisotopic (exact) mass is 278 g/mol. The molecule has 0 radical (unpaired) electrons. The molecule has 6 nitrogen and oxygen atoms in total. The van der Waals surface area contributed by atoms with Gasteiger partial charge in [-0.1, -0.05) is 13.8 Å². The Balaban J connectivity index is 2.94. The van der Waals surface area contributed by atoms with Gasteiger partial charge in [-0.25, -0.2) is 4.98 Å². The predicted molar refractivity (Wildman–Crippen MR) is 78.4 cm³/mol. The highest BCUT2D eigenvalue weighted by Gasteiger charge is 2.22. The molecular weight excluding hydrogens is 256 g/mol. The number of amides is 2. The van der Waals surface area contributed by atoms with Crippen molar-refractivity contribution in [3.63, 3.8) is 0 Å². The van der Waals surface area contributed by atoms with Crippen LogP contribution < -0.4 is 16.4 Å². The number of aromatic nitrogens is 1. The van der Waals surface area contributed by atoms with Gasteiger partial charge in [-0.15, -0.1) is 0 Å². The summed E-state index contributed by atoms with van der Waals surface area (Å²) in [7, 11) is 0. The van der Waals surface area contributed by atoms with Crippen LogP contribution in [0.3, 0.4) is 0 Å². The van der Waals surface area contributed by atoms with Crippen LogP contribution in [0.5, 0.6) is 0 Å². The molecule has 110 valence electrons. The lowest BCUT2D eigenvalue weighted by Gasteiger charge is -2.19. The average Bonchev–Trinajstić information content (AvgIpc) is 2.34. The molecule has 0 aliphatic rings. The molecule has 6 heteroatoms. The third-order valence-electron chi connectivity index (χ3n) is 2.83. The minimum atomic E-state index is -0.682. The number of rotatable bonds is 6. The summed E-state index contributed by atoms with van der Waals surface area (Å²) >= 11 is 0. The van der Waals surface area contributed by atoms with Crippen molar-refractivity contribution < 1.29 is 9.59 Å². The highest BCUT2D eigenvalue weighted by molar-refractivity contribution is 5.98. The van der Waals surface area contributed by atoms with Gasteiger partial charge in [0.25, 0.3) is 5.91 Å². The standard InChI is InChI=1S/C14H22N4O2/c1-5-16-11-7-10(6-9(4)17-11)14(20)18-12(8(2)3)13(15)19/h6-8,12H,5H2,1-4H3,(H2,15,19)(H,16,17)(H,18,20). The maximum absolute atomic E-state index is 12.2. The van der Waals surface area contributed by atoms with Crippen LogP contribution in [-0.2, 0) is 4.79 Å². The third-order valence-corrected chi connectivity index (χ3v) is 2.83. The number of pyridine rings is 1. The van der Waals surface area contributed by atoms with Crippen molar-refractivity contribution >= 4 is 17.6 Å². The Morgan fingerprint density at radius 1 is 1.35 bits per heavy atom. The Hall–Kier alpha value is -2.11. The third kappa shape index (κ3) is 4.22. The van der Waals surface area contributed by atoms with E-state index < -0.39 is 11.9 Å². The van der Waals surface area contributed by atoms with Gasteiger partial charge >= 0.3 is 0 Å². The second-order valence-corrected chi connectivity index (χ2v) is 5.01. The van der Waals surface area contributed by atoms with Crippen LogP contribution in [0.2, 0.25) is 0 Å². The number of nitrogens with two attached hydrogens (primary N) is 1. The van der Waals surface area contributed by atoms with Crippen LogP contribution >= 0.6 is 0 Å². The Morgan fingerprint density at radius 2 is 2.00 bits per heavy atom. The van der Waals surface area contributed by atoms with E-state index in [1.54, 1.807) is 12.1 Å². The van der Waals surface area contributed by atoms with Crippen LogP contribution in [0.15, 0.2) is 12.1 Å². The van der Waals surface area contributed by atoms with Gasteiger partial charge in [0.05, 0.1) is 0 Å². The molecule has 2 amide bonds. The van der Waals surface area contributed by atoms with Crippen LogP contribution in [0, 0.1) is 12.8 Å². The second kappa shape index (κ2) is 6.88. The number of carbonyl (C=O) groups excluding carboxylic acids is 2. The quantitative estimate of drug-likeness (QED) is 0.725. The molecule has 1 atom stereocenters. The maximum Gasteiger partial charge on any atom is 0.252 e. The highest BCUT2D eigenvalue weighted by atomic mass is 16.2. The van der Waals surface area contributed by atoms with Crippen molar-refractivity contribution in [2.45, 2.75) is 33.7 Å². The van der Waals surface area contributed by atoms with Gasteiger partial charge in [0.2, 0.25) is 5.91 Å². The lowest BCUT2D eigenvalue weighted by Crippen LogP contribution is -2.47. The van der Waals surface area contributed by atoms with E-state index in [-0.39, 0.29) is 11.8 Å². The maximum atomic E-state index is 12.2. The summed E-state index contributed by atoms with van der Waals surface area (Å²) in [6.07, 6.45) is 0. The SMILES string of the molecule is CCNc1cc(C(=O)NC(C(N)=O)C(C)C)cc(C)n1. The molecule has 1 rings (SSSR count). The minimum Gasteiger partial charge on any atom is -0.370 e. The summed E-state index contributed by atoms with van der Waals surface area (Å²) in [6, 6.07) is 2.65. The van der Waals surface area contributed by atoms with Crippen molar-refractivity contribution in [2.24, 2.45) is 11.7 Å². The van der Waals surface area contributed by atoms with E-state index in [4.69, 9.17) is 5.73 Å². The highest BCUT2D eigenvalue weighted by Crippen LogP contribution is 2.11. The van der Waals surface area contributed by atoms with Crippen molar-refractivity contribution in [1.82, 2.24) is 10.3 Å². The molecule has 0 spiro atoms. The first kappa shape index (κ1) is 15.9. The predicted octanol–water partition coefficient (Wildman–Crippen LogP) is 1.06. The zero-order valence-electron chi connectivity index (χ0n) is 12.4. The summed E-state index contributed by atoms with van der Waals surface area (Å²) < 4.78 is 0. The molecule has 0 bridgehead atoms. The number of anilines is 1. The lowest BCUT2D eigenvalue weighted by molar-refractivity contribution is -0.120. The normalized spacial score (nSPS) is 12.1. The number of primary amides is 1. The molecule has 0 aliphatic heterocycles. The Bertz CT molecular complexity index is 500. The largest absolute Gasteiger partial charge is 0.370 e. The van der Waals surface area contributed by atoms with E-state index >= 15 is 0 Å². The van der Waals surface area contributed by atoms with E-state index in [0.29, 0.717) is 17.9 Å². The first-order chi connectivity index (χ1) is 9.35. The summed E-state index contributed by atoms with van der Waals surface area (Å²) in [4.78, 5) is 27.8. The summed E-state index contributed by atoms with van der Waals surface area (Å²) in [5.74, 6) is -0.288. The van der Waals surface area contributed by atoms with Gasteiger partial charge in [0.1, 0.15) is 11.9 Å². The fourth-order valence-corrected chi connectivity index (χ4v) is 1.86. The molecule has 0 aromatic carbocycles.